The molecule has 1 heterocycles. The van der Waals surface area contributed by atoms with Crippen LogP contribution in [-0.2, 0) is 0 Å². The normalized spacial score (nSPS) is 10.2. The number of rotatable bonds is 3. The molecule has 12 heavy (non-hydrogen) atoms. The van der Waals surface area contributed by atoms with E-state index in [2.05, 4.69) is 32.0 Å². The zero-order chi connectivity index (χ0) is 9.14. The summed E-state index contributed by atoms with van der Waals surface area (Å²) in [5, 5.41) is 0. The molecular weight excluding hydrogens is 146 g/mol. The van der Waals surface area contributed by atoms with Crippen LogP contribution in [0.1, 0.15) is 25.1 Å². The SMILES string of the molecule is C=Cc1cc[nH]c1C(=C)C(C)C. The number of nitrogens with one attached hydrogen (secondary N) is 1. The summed E-state index contributed by atoms with van der Waals surface area (Å²) in [6, 6.07) is 2.01. The second-order valence-electron chi connectivity index (χ2n) is 3.19. The molecule has 1 N–H and O–H groups in total. The number of aromatic nitrogens is 1. The molecule has 0 fully saturated rings. The van der Waals surface area contributed by atoms with Crippen molar-refractivity contribution in [3.8, 4) is 0 Å². The average Bonchev–Trinajstić information content (AvgIpc) is 2.49. The van der Waals surface area contributed by atoms with Crippen LogP contribution in [0.15, 0.2) is 25.4 Å². The van der Waals surface area contributed by atoms with Crippen molar-refractivity contribution in [2.45, 2.75) is 13.8 Å². The van der Waals surface area contributed by atoms with Gasteiger partial charge in [0.05, 0.1) is 0 Å². The zero-order valence-electron chi connectivity index (χ0n) is 7.72. The Kier molecular flexibility index (Phi) is 2.54. The summed E-state index contributed by atoms with van der Waals surface area (Å²) in [7, 11) is 0. The number of hydrogen-bond acceptors (Lipinski definition) is 0. The van der Waals surface area contributed by atoms with Crippen molar-refractivity contribution in [1.29, 1.82) is 0 Å². The van der Waals surface area contributed by atoms with Gasteiger partial charge in [0, 0.05) is 11.9 Å². The van der Waals surface area contributed by atoms with E-state index in [0.29, 0.717) is 5.92 Å². The molecule has 0 amide bonds. The highest BCUT2D eigenvalue weighted by Gasteiger charge is 2.07. The Morgan fingerprint density at radius 2 is 2.25 bits per heavy atom. The Bertz CT molecular complexity index is 292. The van der Waals surface area contributed by atoms with Crippen LogP contribution in [0.3, 0.4) is 0 Å². The highest BCUT2D eigenvalue weighted by molar-refractivity contribution is 5.70. The Morgan fingerprint density at radius 3 is 2.75 bits per heavy atom. The van der Waals surface area contributed by atoms with Crippen LogP contribution in [0.25, 0.3) is 11.6 Å². The van der Waals surface area contributed by atoms with Crippen LogP contribution in [0.5, 0.6) is 0 Å². The van der Waals surface area contributed by atoms with Crippen molar-refractivity contribution in [1.82, 2.24) is 4.98 Å². The summed E-state index contributed by atoms with van der Waals surface area (Å²) in [5.74, 6) is 0.474. The minimum atomic E-state index is 0.474. The van der Waals surface area contributed by atoms with E-state index in [1.807, 2.05) is 18.3 Å². The lowest BCUT2D eigenvalue weighted by atomic mass is 9.99. The van der Waals surface area contributed by atoms with Gasteiger partial charge < -0.3 is 4.98 Å². The van der Waals surface area contributed by atoms with Crippen LogP contribution < -0.4 is 0 Å². The summed E-state index contributed by atoms with van der Waals surface area (Å²) in [5.41, 5.74) is 3.38. The molecule has 1 rings (SSSR count). The lowest BCUT2D eigenvalue weighted by molar-refractivity contribution is 0.852. The molecule has 0 radical (unpaired) electrons. The molecule has 0 aliphatic carbocycles. The molecule has 0 aliphatic rings. The van der Waals surface area contributed by atoms with Gasteiger partial charge >= 0.3 is 0 Å². The predicted octanol–water partition coefficient (Wildman–Crippen LogP) is 3.33. The molecule has 0 atom stereocenters. The lowest BCUT2D eigenvalue weighted by Crippen LogP contribution is -1.93. The van der Waals surface area contributed by atoms with E-state index in [0.717, 1.165) is 16.8 Å². The smallest absolute Gasteiger partial charge is 0.0482 e. The van der Waals surface area contributed by atoms with Crippen LogP contribution in [0.4, 0.5) is 0 Å². The maximum absolute atomic E-state index is 4.03. The third-order valence-corrected chi connectivity index (χ3v) is 2.02. The van der Waals surface area contributed by atoms with Gasteiger partial charge in [0.1, 0.15) is 0 Å². The third kappa shape index (κ3) is 1.50. The summed E-state index contributed by atoms with van der Waals surface area (Å²) in [6.07, 6.45) is 3.76. The van der Waals surface area contributed by atoms with Gasteiger partial charge in [-0.3, -0.25) is 0 Å². The number of allylic oxidation sites excluding steroid dienone is 1. The largest absolute Gasteiger partial charge is 0.361 e. The Morgan fingerprint density at radius 1 is 1.58 bits per heavy atom. The van der Waals surface area contributed by atoms with Gasteiger partial charge in [0.25, 0.3) is 0 Å². The second kappa shape index (κ2) is 3.44. The van der Waals surface area contributed by atoms with Crippen LogP contribution >= 0.6 is 0 Å². The number of hydrogen-bond donors (Lipinski definition) is 1. The van der Waals surface area contributed by atoms with Crippen molar-refractivity contribution in [2.24, 2.45) is 5.92 Å². The molecule has 0 aliphatic heterocycles. The van der Waals surface area contributed by atoms with Crippen molar-refractivity contribution >= 4 is 11.6 Å². The monoisotopic (exact) mass is 161 g/mol. The molecule has 1 aromatic heterocycles. The Hall–Kier alpha value is -1.24. The molecule has 0 aromatic carbocycles. The predicted molar refractivity (Wildman–Crippen MR) is 54.8 cm³/mol. The number of H-pyrrole nitrogens is 1. The highest BCUT2D eigenvalue weighted by Crippen LogP contribution is 2.23. The molecule has 1 nitrogen and oxygen atoms in total. The third-order valence-electron chi connectivity index (χ3n) is 2.02. The van der Waals surface area contributed by atoms with Gasteiger partial charge in [-0.15, -0.1) is 0 Å². The van der Waals surface area contributed by atoms with E-state index in [-0.39, 0.29) is 0 Å². The van der Waals surface area contributed by atoms with Gasteiger partial charge in [-0.1, -0.05) is 33.1 Å². The van der Waals surface area contributed by atoms with Gasteiger partial charge in [0.15, 0.2) is 0 Å². The van der Waals surface area contributed by atoms with Gasteiger partial charge in [-0.05, 0) is 23.1 Å². The highest BCUT2D eigenvalue weighted by atomic mass is 14.7. The molecule has 64 valence electrons. The topological polar surface area (TPSA) is 15.8 Å². The first-order chi connectivity index (χ1) is 5.66. The summed E-state index contributed by atoms with van der Waals surface area (Å²) in [4.78, 5) is 3.17. The Balaban J connectivity index is 3.01. The van der Waals surface area contributed by atoms with Gasteiger partial charge in [0.2, 0.25) is 0 Å². The minimum Gasteiger partial charge on any atom is -0.361 e. The van der Waals surface area contributed by atoms with E-state index in [9.17, 15) is 0 Å². The maximum atomic E-state index is 4.03. The standard InChI is InChI=1S/C11H15N/c1-5-10-6-7-12-11(10)9(4)8(2)3/h5-8,12H,1,4H2,2-3H3. The second-order valence-corrected chi connectivity index (χ2v) is 3.19. The maximum Gasteiger partial charge on any atom is 0.0482 e. The summed E-state index contributed by atoms with van der Waals surface area (Å²) < 4.78 is 0. The molecule has 1 heteroatoms. The van der Waals surface area contributed by atoms with Gasteiger partial charge in [-0.2, -0.15) is 0 Å². The van der Waals surface area contributed by atoms with Crippen molar-refractivity contribution in [3.63, 3.8) is 0 Å². The first kappa shape index (κ1) is 8.85. The van der Waals surface area contributed by atoms with Crippen LogP contribution in [0.2, 0.25) is 0 Å². The van der Waals surface area contributed by atoms with Gasteiger partial charge in [-0.25, -0.2) is 0 Å². The number of aromatic amines is 1. The van der Waals surface area contributed by atoms with Crippen molar-refractivity contribution in [3.05, 3.63) is 36.7 Å². The molecule has 1 aromatic rings. The fourth-order valence-electron chi connectivity index (χ4n) is 1.12. The molecule has 0 saturated heterocycles. The molecule has 0 spiro atoms. The molecular formula is C11H15N. The first-order valence-corrected chi connectivity index (χ1v) is 4.15. The summed E-state index contributed by atoms with van der Waals surface area (Å²) >= 11 is 0. The van der Waals surface area contributed by atoms with Crippen molar-refractivity contribution in [2.75, 3.05) is 0 Å². The first-order valence-electron chi connectivity index (χ1n) is 4.15. The van der Waals surface area contributed by atoms with E-state index < -0.39 is 0 Å². The molecule has 0 bridgehead atoms. The van der Waals surface area contributed by atoms with E-state index in [1.54, 1.807) is 0 Å². The van der Waals surface area contributed by atoms with E-state index in [1.165, 1.54) is 0 Å². The lowest BCUT2D eigenvalue weighted by Gasteiger charge is -2.08. The Labute approximate surface area is 73.8 Å². The zero-order valence-corrected chi connectivity index (χ0v) is 7.72. The fourth-order valence-corrected chi connectivity index (χ4v) is 1.12. The van der Waals surface area contributed by atoms with Crippen LogP contribution in [0, 0.1) is 5.92 Å². The van der Waals surface area contributed by atoms with Crippen molar-refractivity contribution < 1.29 is 0 Å². The quantitative estimate of drug-likeness (QED) is 0.700. The molecule has 0 saturated carbocycles. The van der Waals surface area contributed by atoms with E-state index >= 15 is 0 Å². The average molecular weight is 161 g/mol. The van der Waals surface area contributed by atoms with E-state index in [4.69, 9.17) is 0 Å². The minimum absolute atomic E-state index is 0.474. The fraction of sp³-hybridized carbons (Fsp3) is 0.273. The molecule has 0 unspecified atom stereocenters. The van der Waals surface area contributed by atoms with Crippen LogP contribution in [-0.4, -0.2) is 4.98 Å². The summed E-state index contributed by atoms with van der Waals surface area (Å²) in [6.45, 7) is 12.0.